The van der Waals surface area contributed by atoms with Gasteiger partial charge in [-0.3, -0.25) is 0 Å². The number of hydrogen-bond acceptors (Lipinski definition) is 2. The number of piperidine rings is 1. The minimum atomic E-state index is 0.277. The Morgan fingerprint density at radius 2 is 2.00 bits per heavy atom. The van der Waals surface area contributed by atoms with Crippen molar-refractivity contribution in [3.63, 3.8) is 0 Å². The summed E-state index contributed by atoms with van der Waals surface area (Å²) in [5.41, 5.74) is 8.97. The maximum atomic E-state index is 6.15. The fraction of sp³-hybridized carbons (Fsp3) is 0.647. The third-order valence-electron chi connectivity index (χ3n) is 4.43. The van der Waals surface area contributed by atoms with E-state index in [-0.39, 0.29) is 6.04 Å². The summed E-state index contributed by atoms with van der Waals surface area (Å²) in [5, 5.41) is 0. The van der Waals surface area contributed by atoms with Crippen LogP contribution in [-0.4, -0.2) is 18.6 Å². The normalized spacial score (nSPS) is 25.4. The van der Waals surface area contributed by atoms with Crippen LogP contribution >= 0.6 is 0 Å². The molecule has 0 amide bonds. The zero-order chi connectivity index (χ0) is 13.8. The molecule has 1 heterocycles. The van der Waals surface area contributed by atoms with Crippen LogP contribution in [0, 0.1) is 5.92 Å². The van der Waals surface area contributed by atoms with Crippen LogP contribution in [0.15, 0.2) is 24.3 Å². The number of benzene rings is 1. The Bertz CT molecular complexity index is 402. The molecule has 0 aliphatic carbocycles. The summed E-state index contributed by atoms with van der Waals surface area (Å²) >= 11 is 0. The average Bonchev–Trinajstić information content (AvgIpc) is 2.42. The van der Waals surface area contributed by atoms with Crippen molar-refractivity contribution in [2.24, 2.45) is 11.7 Å². The quantitative estimate of drug-likeness (QED) is 0.896. The lowest BCUT2D eigenvalue weighted by Gasteiger charge is -2.40. The second-order valence-corrected chi connectivity index (χ2v) is 6.19. The molecule has 19 heavy (non-hydrogen) atoms. The van der Waals surface area contributed by atoms with E-state index >= 15 is 0 Å². The Kier molecular flexibility index (Phi) is 4.87. The van der Waals surface area contributed by atoms with Gasteiger partial charge in [0.15, 0.2) is 0 Å². The summed E-state index contributed by atoms with van der Waals surface area (Å²) in [6.07, 6.45) is 4.69. The summed E-state index contributed by atoms with van der Waals surface area (Å²) in [6, 6.07) is 9.74. The van der Waals surface area contributed by atoms with Gasteiger partial charge in [0, 0.05) is 24.3 Å². The first-order valence-corrected chi connectivity index (χ1v) is 7.72. The summed E-state index contributed by atoms with van der Waals surface area (Å²) < 4.78 is 0. The van der Waals surface area contributed by atoms with Crippen molar-refractivity contribution in [2.75, 3.05) is 11.4 Å². The van der Waals surface area contributed by atoms with E-state index in [1.165, 1.54) is 30.6 Å². The number of hydrogen-bond donors (Lipinski definition) is 1. The highest BCUT2D eigenvalue weighted by Crippen LogP contribution is 2.30. The molecule has 2 nitrogen and oxygen atoms in total. The molecule has 106 valence electrons. The molecule has 2 N–H and O–H groups in total. The Balaban J connectivity index is 2.22. The molecule has 1 aliphatic rings. The van der Waals surface area contributed by atoms with Gasteiger partial charge in [-0.25, -0.2) is 0 Å². The first-order chi connectivity index (χ1) is 9.11. The molecule has 1 fully saturated rings. The monoisotopic (exact) mass is 260 g/mol. The predicted molar refractivity (Wildman–Crippen MR) is 83.6 cm³/mol. The number of anilines is 1. The molecule has 3 unspecified atom stereocenters. The zero-order valence-electron chi connectivity index (χ0n) is 12.6. The minimum absolute atomic E-state index is 0.277. The molecule has 0 aromatic heterocycles. The van der Waals surface area contributed by atoms with Crippen LogP contribution in [0.1, 0.15) is 45.6 Å². The Morgan fingerprint density at radius 1 is 1.26 bits per heavy atom. The summed E-state index contributed by atoms with van der Waals surface area (Å²) in [7, 11) is 0. The van der Waals surface area contributed by atoms with Gasteiger partial charge < -0.3 is 10.6 Å². The first-order valence-electron chi connectivity index (χ1n) is 7.72. The second-order valence-electron chi connectivity index (χ2n) is 6.19. The topological polar surface area (TPSA) is 29.3 Å². The molecule has 0 spiro atoms. The highest BCUT2D eigenvalue weighted by atomic mass is 15.2. The van der Waals surface area contributed by atoms with E-state index in [0.717, 1.165) is 18.8 Å². The lowest BCUT2D eigenvalue weighted by atomic mass is 9.93. The highest BCUT2D eigenvalue weighted by Gasteiger charge is 2.24. The van der Waals surface area contributed by atoms with Gasteiger partial charge in [-0.2, -0.15) is 0 Å². The van der Waals surface area contributed by atoms with Crippen LogP contribution in [0.4, 0.5) is 5.69 Å². The van der Waals surface area contributed by atoms with Gasteiger partial charge in [0.05, 0.1) is 0 Å². The van der Waals surface area contributed by atoms with Gasteiger partial charge in [-0.15, -0.1) is 0 Å². The van der Waals surface area contributed by atoms with E-state index in [1.54, 1.807) is 0 Å². The molecule has 0 radical (unpaired) electrons. The van der Waals surface area contributed by atoms with Crippen LogP contribution in [0.2, 0.25) is 0 Å². The molecule has 1 aliphatic heterocycles. The van der Waals surface area contributed by atoms with Gasteiger partial charge in [-0.05, 0) is 50.2 Å². The van der Waals surface area contributed by atoms with E-state index in [9.17, 15) is 0 Å². The van der Waals surface area contributed by atoms with E-state index in [2.05, 4.69) is 49.9 Å². The lowest BCUT2D eigenvalue weighted by molar-refractivity contribution is 0.389. The number of nitrogens with zero attached hydrogens (tertiary/aromatic N) is 1. The van der Waals surface area contributed by atoms with E-state index < -0.39 is 0 Å². The van der Waals surface area contributed by atoms with Crippen molar-refractivity contribution in [1.82, 2.24) is 0 Å². The molecule has 3 atom stereocenters. The van der Waals surface area contributed by atoms with Crippen molar-refractivity contribution in [3.05, 3.63) is 29.8 Å². The van der Waals surface area contributed by atoms with Gasteiger partial charge in [0.1, 0.15) is 0 Å². The van der Waals surface area contributed by atoms with Gasteiger partial charge >= 0.3 is 0 Å². The van der Waals surface area contributed by atoms with E-state index in [1.807, 2.05) is 0 Å². The average molecular weight is 260 g/mol. The zero-order valence-corrected chi connectivity index (χ0v) is 12.6. The third kappa shape index (κ3) is 3.50. The number of rotatable bonds is 4. The van der Waals surface area contributed by atoms with E-state index in [0.29, 0.717) is 6.04 Å². The van der Waals surface area contributed by atoms with Crippen LogP contribution in [0.5, 0.6) is 0 Å². The van der Waals surface area contributed by atoms with Crippen LogP contribution < -0.4 is 10.6 Å². The summed E-state index contributed by atoms with van der Waals surface area (Å²) in [5.74, 6) is 0.795. The van der Waals surface area contributed by atoms with Gasteiger partial charge in [-0.1, -0.05) is 32.0 Å². The largest absolute Gasteiger partial charge is 0.368 e. The fourth-order valence-corrected chi connectivity index (χ4v) is 3.01. The lowest BCUT2D eigenvalue weighted by Crippen LogP contribution is -2.41. The maximum absolute atomic E-state index is 6.15. The van der Waals surface area contributed by atoms with Crippen molar-refractivity contribution >= 4 is 5.69 Å². The van der Waals surface area contributed by atoms with Crippen molar-refractivity contribution < 1.29 is 0 Å². The smallest absolute Gasteiger partial charge is 0.0401 e. The molecule has 0 saturated carbocycles. The fourth-order valence-electron chi connectivity index (χ4n) is 3.01. The molecule has 1 aromatic carbocycles. The van der Waals surface area contributed by atoms with Crippen LogP contribution in [0.3, 0.4) is 0 Å². The SMILES string of the molecule is CCC(N)Cc1ccccc1N1CC(C)CCC1C. The number of para-hydroxylation sites is 1. The van der Waals surface area contributed by atoms with Gasteiger partial charge in [0.25, 0.3) is 0 Å². The first kappa shape index (κ1) is 14.4. The predicted octanol–water partition coefficient (Wildman–Crippen LogP) is 3.59. The molecular formula is C17H28N2. The Labute approximate surface area is 118 Å². The molecular weight excluding hydrogens is 232 g/mol. The second kappa shape index (κ2) is 6.42. The Hall–Kier alpha value is -1.02. The minimum Gasteiger partial charge on any atom is -0.368 e. The van der Waals surface area contributed by atoms with Crippen molar-refractivity contribution in [1.29, 1.82) is 0 Å². The van der Waals surface area contributed by atoms with Crippen LogP contribution in [0.25, 0.3) is 0 Å². The molecule has 1 aromatic rings. The molecule has 0 bridgehead atoms. The molecule has 1 saturated heterocycles. The summed E-state index contributed by atoms with van der Waals surface area (Å²) in [6.45, 7) is 8.06. The summed E-state index contributed by atoms with van der Waals surface area (Å²) in [4.78, 5) is 2.59. The molecule has 2 rings (SSSR count). The highest BCUT2D eigenvalue weighted by molar-refractivity contribution is 5.55. The third-order valence-corrected chi connectivity index (χ3v) is 4.43. The van der Waals surface area contributed by atoms with Crippen LogP contribution in [-0.2, 0) is 6.42 Å². The van der Waals surface area contributed by atoms with Crippen molar-refractivity contribution in [3.8, 4) is 0 Å². The van der Waals surface area contributed by atoms with E-state index in [4.69, 9.17) is 5.73 Å². The standard InChI is InChI=1S/C17H28N2/c1-4-16(18)11-15-7-5-6-8-17(15)19-12-13(2)9-10-14(19)3/h5-8,13-14,16H,4,9-12,18H2,1-3H3. The number of nitrogens with two attached hydrogens (primary N) is 1. The van der Waals surface area contributed by atoms with Crippen molar-refractivity contribution in [2.45, 2.75) is 58.5 Å². The maximum Gasteiger partial charge on any atom is 0.0401 e. The Morgan fingerprint density at radius 3 is 2.74 bits per heavy atom. The molecule has 2 heteroatoms. The van der Waals surface area contributed by atoms with Gasteiger partial charge in [0.2, 0.25) is 0 Å².